The van der Waals surface area contributed by atoms with E-state index in [0.717, 1.165) is 35.9 Å². The van der Waals surface area contributed by atoms with Crippen LogP contribution in [-0.2, 0) is 9.59 Å². The van der Waals surface area contributed by atoms with E-state index in [2.05, 4.69) is 31.8 Å². The largest absolute Gasteiger partial charge is 0.361 e. The highest BCUT2D eigenvalue weighted by Crippen LogP contribution is 2.35. The fourth-order valence-electron chi connectivity index (χ4n) is 4.41. The van der Waals surface area contributed by atoms with Crippen molar-refractivity contribution in [1.82, 2.24) is 9.88 Å². The number of likely N-dealkylation sites (tertiary alicyclic amines) is 1. The minimum absolute atomic E-state index is 0.0922. The summed E-state index contributed by atoms with van der Waals surface area (Å²) in [6.07, 6.45) is 5.38. The van der Waals surface area contributed by atoms with Gasteiger partial charge in [0.15, 0.2) is 0 Å². The maximum atomic E-state index is 13.5. The van der Waals surface area contributed by atoms with Crippen LogP contribution in [0.15, 0.2) is 30.5 Å². The van der Waals surface area contributed by atoms with E-state index in [9.17, 15) is 9.59 Å². The Morgan fingerprint density at radius 1 is 1.26 bits per heavy atom. The molecule has 5 heteroatoms. The van der Waals surface area contributed by atoms with Crippen molar-refractivity contribution in [2.24, 2.45) is 11.8 Å². The summed E-state index contributed by atoms with van der Waals surface area (Å²) in [6.45, 7) is 7.07. The molecule has 1 aliphatic carbocycles. The van der Waals surface area contributed by atoms with Crippen LogP contribution in [0.2, 0.25) is 0 Å². The molecule has 2 atom stereocenters. The molecule has 2 aliphatic rings. The van der Waals surface area contributed by atoms with Gasteiger partial charge in [-0.1, -0.05) is 13.8 Å². The van der Waals surface area contributed by atoms with E-state index in [1.807, 2.05) is 34.2 Å². The van der Waals surface area contributed by atoms with Crippen molar-refractivity contribution in [3.05, 3.63) is 30.5 Å². The topological polar surface area (TPSA) is 56.4 Å². The molecule has 2 unspecified atom stereocenters. The van der Waals surface area contributed by atoms with Crippen molar-refractivity contribution >= 4 is 28.4 Å². The molecule has 2 amide bonds. The molecule has 0 radical (unpaired) electrons. The van der Waals surface area contributed by atoms with Crippen molar-refractivity contribution in [2.45, 2.75) is 58.5 Å². The minimum atomic E-state index is -0.227. The molecule has 2 heterocycles. The SMILES string of the molecule is CC(C)CC(C)N(C(=O)C1CC(=O)N(C2CC2)C1)c1ccc2[nH]ccc2c1. The molecule has 27 heavy (non-hydrogen) atoms. The van der Waals surface area contributed by atoms with Crippen LogP contribution < -0.4 is 4.90 Å². The molecule has 144 valence electrons. The molecular weight excluding hydrogens is 338 g/mol. The zero-order chi connectivity index (χ0) is 19.1. The van der Waals surface area contributed by atoms with Crippen LogP contribution in [0.25, 0.3) is 10.9 Å². The molecule has 0 bridgehead atoms. The molecule has 1 aliphatic heterocycles. The van der Waals surface area contributed by atoms with Crippen LogP contribution in [0, 0.1) is 11.8 Å². The number of nitrogens with zero attached hydrogens (tertiary/aromatic N) is 2. The van der Waals surface area contributed by atoms with Gasteiger partial charge in [0.2, 0.25) is 11.8 Å². The number of anilines is 1. The van der Waals surface area contributed by atoms with Crippen molar-refractivity contribution in [3.8, 4) is 0 Å². The zero-order valence-electron chi connectivity index (χ0n) is 16.4. The predicted molar refractivity (Wildman–Crippen MR) is 108 cm³/mol. The zero-order valence-corrected chi connectivity index (χ0v) is 16.4. The lowest BCUT2D eigenvalue weighted by Gasteiger charge is -2.32. The summed E-state index contributed by atoms with van der Waals surface area (Å²) in [6, 6.07) is 8.64. The second-order valence-electron chi connectivity index (χ2n) is 8.61. The van der Waals surface area contributed by atoms with E-state index in [4.69, 9.17) is 0 Å². The first-order valence-electron chi connectivity index (χ1n) is 10.1. The minimum Gasteiger partial charge on any atom is -0.361 e. The van der Waals surface area contributed by atoms with Gasteiger partial charge in [0.05, 0.1) is 5.92 Å². The number of H-pyrrole nitrogens is 1. The number of nitrogens with one attached hydrogen (secondary N) is 1. The first kappa shape index (κ1) is 18.1. The highest BCUT2D eigenvalue weighted by Gasteiger charge is 2.43. The van der Waals surface area contributed by atoms with Gasteiger partial charge < -0.3 is 14.8 Å². The maximum Gasteiger partial charge on any atom is 0.232 e. The Labute approximate surface area is 160 Å². The molecule has 1 N–H and O–H groups in total. The molecule has 0 spiro atoms. The van der Waals surface area contributed by atoms with Gasteiger partial charge in [0.1, 0.15) is 0 Å². The van der Waals surface area contributed by atoms with Crippen LogP contribution >= 0.6 is 0 Å². The number of carbonyl (C=O) groups excluding carboxylic acids is 2. The van der Waals surface area contributed by atoms with Crippen LogP contribution in [0.5, 0.6) is 0 Å². The van der Waals surface area contributed by atoms with E-state index in [0.29, 0.717) is 24.9 Å². The Morgan fingerprint density at radius 2 is 2.04 bits per heavy atom. The molecule has 2 fully saturated rings. The summed E-state index contributed by atoms with van der Waals surface area (Å²) in [5, 5.41) is 1.10. The summed E-state index contributed by atoms with van der Waals surface area (Å²) in [7, 11) is 0. The number of benzene rings is 1. The molecule has 5 nitrogen and oxygen atoms in total. The second kappa shape index (κ2) is 7.02. The average molecular weight is 367 g/mol. The number of aromatic nitrogens is 1. The van der Waals surface area contributed by atoms with Crippen molar-refractivity contribution in [2.75, 3.05) is 11.4 Å². The number of rotatable bonds is 6. The Bertz CT molecular complexity index is 852. The summed E-state index contributed by atoms with van der Waals surface area (Å²) < 4.78 is 0. The lowest BCUT2D eigenvalue weighted by atomic mass is 9.99. The standard InChI is InChI=1S/C22H29N3O2/c1-14(2)10-15(3)25(19-6-7-20-16(11-19)8-9-23-20)22(27)17-12-21(26)24(13-17)18-4-5-18/h6-9,11,14-15,17-18,23H,4-5,10,12-13H2,1-3H3. The van der Waals surface area contributed by atoms with Gasteiger partial charge in [0.25, 0.3) is 0 Å². The lowest BCUT2D eigenvalue weighted by molar-refractivity contribution is -0.129. The Morgan fingerprint density at radius 3 is 2.74 bits per heavy atom. The maximum absolute atomic E-state index is 13.5. The second-order valence-corrected chi connectivity index (χ2v) is 8.61. The van der Waals surface area contributed by atoms with Crippen LogP contribution in [0.4, 0.5) is 5.69 Å². The van der Waals surface area contributed by atoms with E-state index in [1.54, 1.807) is 0 Å². The average Bonchev–Trinajstić information content (AvgIpc) is 3.21. The fourth-order valence-corrected chi connectivity index (χ4v) is 4.41. The van der Waals surface area contributed by atoms with E-state index in [1.165, 1.54) is 0 Å². The van der Waals surface area contributed by atoms with Gasteiger partial charge >= 0.3 is 0 Å². The third-order valence-electron chi connectivity index (χ3n) is 5.80. The third-order valence-corrected chi connectivity index (χ3v) is 5.80. The molecule has 1 aromatic heterocycles. The molecule has 1 saturated heterocycles. The molecular formula is C22H29N3O2. The molecule has 1 saturated carbocycles. The predicted octanol–water partition coefficient (Wildman–Crippen LogP) is 3.95. The van der Waals surface area contributed by atoms with Crippen LogP contribution in [-0.4, -0.2) is 40.3 Å². The van der Waals surface area contributed by atoms with Gasteiger partial charge in [-0.3, -0.25) is 9.59 Å². The van der Waals surface area contributed by atoms with Crippen molar-refractivity contribution < 1.29 is 9.59 Å². The van der Waals surface area contributed by atoms with Gasteiger partial charge in [-0.2, -0.15) is 0 Å². The summed E-state index contributed by atoms with van der Waals surface area (Å²) in [4.78, 5) is 33.0. The fraction of sp³-hybridized carbons (Fsp3) is 0.545. The number of hydrogen-bond donors (Lipinski definition) is 1. The van der Waals surface area contributed by atoms with Crippen molar-refractivity contribution in [3.63, 3.8) is 0 Å². The lowest BCUT2D eigenvalue weighted by Crippen LogP contribution is -2.44. The summed E-state index contributed by atoms with van der Waals surface area (Å²) in [5.74, 6) is 0.511. The normalized spacial score (nSPS) is 21.3. The molecule has 2 aromatic rings. The van der Waals surface area contributed by atoms with Gasteiger partial charge in [0, 0.05) is 47.8 Å². The molecule has 4 rings (SSSR count). The molecule has 1 aromatic carbocycles. The number of fused-ring (bicyclic) bond motifs is 1. The van der Waals surface area contributed by atoms with Crippen LogP contribution in [0.1, 0.15) is 46.5 Å². The number of hydrogen-bond acceptors (Lipinski definition) is 2. The van der Waals surface area contributed by atoms with E-state index >= 15 is 0 Å². The smallest absolute Gasteiger partial charge is 0.232 e. The Kier molecular flexibility index (Phi) is 4.70. The van der Waals surface area contributed by atoms with Crippen molar-refractivity contribution in [1.29, 1.82) is 0 Å². The summed E-state index contributed by atoms with van der Waals surface area (Å²) in [5.41, 5.74) is 2.00. The van der Waals surface area contributed by atoms with Crippen LogP contribution in [0.3, 0.4) is 0 Å². The monoisotopic (exact) mass is 367 g/mol. The third kappa shape index (κ3) is 3.60. The number of carbonyl (C=O) groups is 2. The highest BCUT2D eigenvalue weighted by atomic mass is 16.2. The van der Waals surface area contributed by atoms with Gasteiger partial charge in [-0.15, -0.1) is 0 Å². The Hall–Kier alpha value is -2.30. The number of aromatic amines is 1. The van der Waals surface area contributed by atoms with E-state index in [-0.39, 0.29) is 23.8 Å². The quantitative estimate of drug-likeness (QED) is 0.840. The van der Waals surface area contributed by atoms with E-state index < -0.39 is 0 Å². The Balaban J connectivity index is 1.62. The summed E-state index contributed by atoms with van der Waals surface area (Å²) >= 11 is 0. The highest BCUT2D eigenvalue weighted by molar-refractivity contribution is 6.01. The number of amides is 2. The first-order valence-corrected chi connectivity index (χ1v) is 10.1. The van der Waals surface area contributed by atoms with Gasteiger partial charge in [-0.05, 0) is 56.4 Å². The first-order chi connectivity index (χ1) is 12.9. The van der Waals surface area contributed by atoms with Gasteiger partial charge in [-0.25, -0.2) is 0 Å².